The van der Waals surface area contributed by atoms with Gasteiger partial charge >= 0.3 is 5.51 Å². The number of nitrogens with zero attached hydrogens (tertiary/aromatic N) is 2. The van der Waals surface area contributed by atoms with Gasteiger partial charge in [0, 0.05) is 0 Å². The van der Waals surface area contributed by atoms with Crippen LogP contribution in [-0.4, -0.2) is 83.8 Å². The summed E-state index contributed by atoms with van der Waals surface area (Å²) in [6.45, 7) is 0. The van der Waals surface area contributed by atoms with Gasteiger partial charge in [0.05, 0.1) is 56.4 Å². The normalized spacial score (nSPS) is 12.9. The summed E-state index contributed by atoms with van der Waals surface area (Å²) < 4.78 is 60.9. The van der Waals surface area contributed by atoms with Gasteiger partial charge in [-0.2, -0.15) is 13.2 Å². The lowest BCUT2D eigenvalue weighted by atomic mass is 10.8. The van der Waals surface area contributed by atoms with Crippen LogP contribution in [0.5, 0.6) is 0 Å². The first-order chi connectivity index (χ1) is 7.25. The van der Waals surface area contributed by atoms with E-state index >= 15 is 0 Å². The van der Waals surface area contributed by atoms with Crippen LogP contribution >= 0.6 is 0 Å². The molecule has 0 atom stereocenters. The van der Waals surface area contributed by atoms with E-state index in [9.17, 15) is 13.2 Å². The number of halogens is 3. The van der Waals surface area contributed by atoms with E-state index in [1.807, 2.05) is 0 Å². The molecule has 0 aliphatic rings. The van der Waals surface area contributed by atoms with E-state index in [1.165, 1.54) is 0 Å². The van der Waals surface area contributed by atoms with Crippen molar-refractivity contribution in [2.75, 3.05) is 56.4 Å². The molecular formula is C9H24F3N2O3S+. The number of quaternary nitrogens is 2. The zero-order chi connectivity index (χ0) is 16.0. The minimum Gasteiger partial charge on any atom is -0.741 e. The number of hydrogen-bond acceptors (Lipinski definition) is 3. The molecule has 0 aliphatic heterocycles. The summed E-state index contributed by atoms with van der Waals surface area (Å²) in [6, 6.07) is 0. The second kappa shape index (κ2) is 7.27. The van der Waals surface area contributed by atoms with Gasteiger partial charge < -0.3 is 13.5 Å². The second-order valence-electron chi connectivity index (χ2n) is 6.27. The summed E-state index contributed by atoms with van der Waals surface area (Å²) >= 11 is 0. The molecule has 0 saturated heterocycles. The molecule has 0 aromatic rings. The fourth-order valence-electron chi connectivity index (χ4n) is 0. The molecule has 5 nitrogen and oxygen atoms in total. The first-order valence-corrected chi connectivity index (χ1v) is 6.26. The van der Waals surface area contributed by atoms with Gasteiger partial charge in [-0.05, 0) is 0 Å². The summed E-state index contributed by atoms with van der Waals surface area (Å²) in [6.07, 6.45) is 0. The van der Waals surface area contributed by atoms with Gasteiger partial charge in [0.1, 0.15) is 0 Å². The molecule has 0 fully saturated rings. The average molecular weight is 297 g/mol. The van der Waals surface area contributed by atoms with Crippen molar-refractivity contribution < 1.29 is 35.1 Å². The van der Waals surface area contributed by atoms with Crippen molar-refractivity contribution in [2.45, 2.75) is 5.51 Å². The topological polar surface area (TPSA) is 57.2 Å². The molecule has 0 bridgehead atoms. The molecule has 0 heterocycles. The standard InChI is InChI=1S/2C4H12N.CHF3O3S/c2*1-5(2,3)4;2-1(3,4)8(5,6)7/h2*1-4H3;(H,5,6,7)/q2*+1;/p-1. The molecular weight excluding hydrogens is 273 g/mol. The molecule has 0 aliphatic carbocycles. The van der Waals surface area contributed by atoms with E-state index in [4.69, 9.17) is 13.0 Å². The Bertz CT molecular complexity index is 289. The molecule has 0 rings (SSSR count). The maximum Gasteiger partial charge on any atom is 0.485 e. The van der Waals surface area contributed by atoms with Crippen LogP contribution < -0.4 is 0 Å². The molecule has 0 spiro atoms. The first kappa shape index (κ1) is 22.8. The van der Waals surface area contributed by atoms with Crippen molar-refractivity contribution in [3.63, 3.8) is 0 Å². The Morgan fingerprint density at radius 3 is 0.833 bits per heavy atom. The highest BCUT2D eigenvalue weighted by Crippen LogP contribution is 2.20. The van der Waals surface area contributed by atoms with Crippen LogP contribution in [0, 0.1) is 0 Å². The van der Waals surface area contributed by atoms with Crippen LogP contribution in [0.25, 0.3) is 0 Å². The Labute approximate surface area is 108 Å². The number of hydrogen-bond donors (Lipinski definition) is 0. The van der Waals surface area contributed by atoms with Crippen LogP contribution in [0.2, 0.25) is 0 Å². The van der Waals surface area contributed by atoms with E-state index in [-0.39, 0.29) is 0 Å². The van der Waals surface area contributed by atoms with E-state index in [0.717, 1.165) is 8.97 Å². The summed E-state index contributed by atoms with van der Waals surface area (Å²) in [5, 5.41) is 0. The molecule has 9 heteroatoms. The van der Waals surface area contributed by atoms with Gasteiger partial charge in [-0.3, -0.25) is 0 Å². The average Bonchev–Trinajstić information content (AvgIpc) is 1.70. The Morgan fingerprint density at radius 1 is 0.778 bits per heavy atom. The second-order valence-corrected chi connectivity index (χ2v) is 7.64. The van der Waals surface area contributed by atoms with Crippen molar-refractivity contribution in [3.8, 4) is 0 Å². The molecule has 0 saturated carbocycles. The summed E-state index contributed by atoms with van der Waals surface area (Å²) in [5.41, 5.74) is -5.65. The minimum absolute atomic E-state index is 1.00. The maximum absolute atomic E-state index is 10.7. The highest BCUT2D eigenvalue weighted by atomic mass is 32.2. The van der Waals surface area contributed by atoms with Gasteiger partial charge in [-0.25, -0.2) is 8.42 Å². The van der Waals surface area contributed by atoms with E-state index in [0.29, 0.717) is 0 Å². The SMILES string of the molecule is C[N+](C)(C)C.C[N+](C)(C)C.O=S(=O)([O-])C(F)(F)F. The van der Waals surface area contributed by atoms with E-state index in [1.54, 1.807) is 0 Å². The largest absolute Gasteiger partial charge is 0.741 e. The number of rotatable bonds is 0. The molecule has 114 valence electrons. The fourth-order valence-corrected chi connectivity index (χ4v) is 0. The van der Waals surface area contributed by atoms with Crippen LogP contribution in [0.1, 0.15) is 0 Å². The molecule has 0 aromatic heterocycles. The lowest BCUT2D eigenvalue weighted by molar-refractivity contribution is -0.849. The third-order valence-electron chi connectivity index (χ3n) is 0.283. The fraction of sp³-hybridized carbons (Fsp3) is 1.00. The van der Waals surface area contributed by atoms with Gasteiger partial charge in [0.25, 0.3) is 0 Å². The van der Waals surface area contributed by atoms with Crippen molar-refractivity contribution in [1.82, 2.24) is 0 Å². The minimum atomic E-state index is -6.09. The lowest BCUT2D eigenvalue weighted by Gasteiger charge is -2.14. The molecule has 0 N–H and O–H groups in total. The smallest absolute Gasteiger partial charge is 0.485 e. The monoisotopic (exact) mass is 297 g/mol. The predicted octanol–water partition coefficient (Wildman–Crippen LogP) is 0.696. The first-order valence-electron chi connectivity index (χ1n) is 4.85. The zero-order valence-corrected chi connectivity index (χ0v) is 13.0. The molecule has 0 unspecified atom stereocenters. The highest BCUT2D eigenvalue weighted by Gasteiger charge is 2.36. The Hall–Kier alpha value is -0.380. The van der Waals surface area contributed by atoms with E-state index < -0.39 is 15.6 Å². The van der Waals surface area contributed by atoms with Crippen molar-refractivity contribution >= 4 is 10.1 Å². The predicted molar refractivity (Wildman–Crippen MR) is 63.7 cm³/mol. The lowest BCUT2D eigenvalue weighted by Crippen LogP contribution is -2.27. The summed E-state index contributed by atoms with van der Waals surface area (Å²) in [7, 11) is 10.9. The molecule has 0 radical (unpaired) electrons. The van der Waals surface area contributed by atoms with Crippen LogP contribution in [0.15, 0.2) is 0 Å². The Balaban J connectivity index is -0.000000197. The molecule has 0 amide bonds. The van der Waals surface area contributed by atoms with Crippen LogP contribution in [-0.2, 0) is 10.1 Å². The van der Waals surface area contributed by atoms with E-state index in [2.05, 4.69) is 56.4 Å². The highest BCUT2D eigenvalue weighted by molar-refractivity contribution is 7.86. The van der Waals surface area contributed by atoms with Crippen LogP contribution in [0.3, 0.4) is 0 Å². The van der Waals surface area contributed by atoms with Crippen LogP contribution in [0.4, 0.5) is 13.2 Å². The van der Waals surface area contributed by atoms with Crippen molar-refractivity contribution in [1.29, 1.82) is 0 Å². The van der Waals surface area contributed by atoms with Gasteiger partial charge in [0.15, 0.2) is 10.1 Å². The third-order valence-corrected chi connectivity index (χ3v) is 0.850. The quantitative estimate of drug-likeness (QED) is 0.376. The van der Waals surface area contributed by atoms with Crippen molar-refractivity contribution in [2.24, 2.45) is 0 Å². The van der Waals surface area contributed by atoms with Crippen molar-refractivity contribution in [3.05, 3.63) is 0 Å². The van der Waals surface area contributed by atoms with Gasteiger partial charge in [0.2, 0.25) is 0 Å². The maximum atomic E-state index is 10.7. The Morgan fingerprint density at radius 2 is 0.833 bits per heavy atom. The third kappa shape index (κ3) is 44.9. The molecule has 18 heavy (non-hydrogen) atoms. The summed E-state index contributed by atoms with van der Waals surface area (Å²) in [5.74, 6) is 0. The van der Waals surface area contributed by atoms with Gasteiger partial charge in [-0.1, -0.05) is 0 Å². The van der Waals surface area contributed by atoms with Gasteiger partial charge in [-0.15, -0.1) is 0 Å². The molecule has 0 aromatic carbocycles. The zero-order valence-electron chi connectivity index (χ0n) is 12.2. The summed E-state index contributed by atoms with van der Waals surface area (Å²) in [4.78, 5) is 0. The Kier molecular flexibility index (Phi) is 9.19. The number of alkyl halides is 3.